The number of amides is 4. The van der Waals surface area contributed by atoms with E-state index in [0.29, 0.717) is 39.5 Å². The van der Waals surface area contributed by atoms with E-state index in [1.165, 1.54) is 9.80 Å². The van der Waals surface area contributed by atoms with Gasteiger partial charge in [0.05, 0.1) is 34.5 Å². The molecule has 0 radical (unpaired) electrons. The lowest BCUT2D eigenvalue weighted by Gasteiger charge is -2.50. The second-order valence-electron chi connectivity index (χ2n) is 13.7. The van der Waals surface area contributed by atoms with Gasteiger partial charge >= 0.3 is 0 Å². The number of carbonyl (C=O) groups is 4. The van der Waals surface area contributed by atoms with Crippen molar-refractivity contribution in [3.05, 3.63) is 155 Å². The zero-order valence-electron chi connectivity index (χ0n) is 27.7. The smallest absolute Gasteiger partial charge is 0.246 e. The lowest BCUT2D eigenvalue weighted by molar-refractivity contribution is -0.127. The summed E-state index contributed by atoms with van der Waals surface area (Å²) in [5.74, 6) is -5.14. The number of nitrogens with zero attached hydrogens (tertiary/aromatic N) is 2. The Labute approximate surface area is 301 Å². The lowest BCUT2D eigenvalue weighted by atomic mass is 9.49. The molecule has 1 saturated carbocycles. The van der Waals surface area contributed by atoms with Crippen LogP contribution in [0.4, 0.5) is 11.4 Å². The van der Waals surface area contributed by atoms with E-state index in [4.69, 9.17) is 11.6 Å². The number of halogens is 1. The maximum Gasteiger partial charge on any atom is 0.246 e. The summed E-state index contributed by atoms with van der Waals surface area (Å²) in [6.45, 7) is 7.67. The number of allylic oxidation sites excluding steroid dienone is 3. The van der Waals surface area contributed by atoms with E-state index in [0.717, 1.165) is 11.1 Å². The maximum atomic E-state index is 15.4. The van der Waals surface area contributed by atoms with Crippen molar-refractivity contribution in [2.75, 3.05) is 9.80 Å². The molecular weight excluding hydrogens is 660 g/mol. The van der Waals surface area contributed by atoms with Gasteiger partial charge in [0, 0.05) is 16.5 Å². The monoisotopic (exact) mass is 694 g/mol. The van der Waals surface area contributed by atoms with Crippen molar-refractivity contribution in [3.8, 4) is 5.75 Å². The number of imide groups is 2. The Balaban J connectivity index is 1.36. The van der Waals surface area contributed by atoms with Crippen molar-refractivity contribution in [2.45, 2.75) is 30.6 Å². The fourth-order valence-corrected chi connectivity index (χ4v) is 9.45. The Morgan fingerprint density at radius 3 is 2.25 bits per heavy atom. The van der Waals surface area contributed by atoms with Crippen LogP contribution in [0.5, 0.6) is 5.75 Å². The molecule has 2 saturated heterocycles. The van der Waals surface area contributed by atoms with Crippen LogP contribution in [0, 0.1) is 23.7 Å². The number of hydrogen-bond donors (Lipinski definition) is 1. The van der Waals surface area contributed by atoms with Crippen molar-refractivity contribution < 1.29 is 24.3 Å². The van der Waals surface area contributed by atoms with E-state index in [-0.39, 0.29) is 30.4 Å². The van der Waals surface area contributed by atoms with Gasteiger partial charge in [-0.15, -0.1) is 6.58 Å². The van der Waals surface area contributed by atoms with Crippen molar-refractivity contribution in [1.29, 1.82) is 0 Å². The largest absolute Gasteiger partial charge is 0.507 e. The first-order valence-corrected chi connectivity index (χ1v) is 17.5. The molecule has 4 aromatic carbocycles. The molecule has 0 spiro atoms. The molecule has 2 aliphatic carbocycles. The average Bonchev–Trinajstić information content (AvgIpc) is 3.53. The molecule has 0 unspecified atom stereocenters. The minimum Gasteiger partial charge on any atom is -0.507 e. The number of phenols is 1. The fourth-order valence-electron chi connectivity index (χ4n) is 9.27. The number of benzene rings is 4. The number of phenolic OH excluding ortho intramolecular Hbond substituents is 1. The highest BCUT2D eigenvalue weighted by molar-refractivity contribution is 6.32. The number of anilines is 2. The topological polar surface area (TPSA) is 95.0 Å². The number of hydrogen-bond acceptors (Lipinski definition) is 5. The van der Waals surface area contributed by atoms with Crippen LogP contribution in [0.25, 0.3) is 6.08 Å². The summed E-state index contributed by atoms with van der Waals surface area (Å²) in [6.07, 6.45) is 6.21. The van der Waals surface area contributed by atoms with Gasteiger partial charge in [-0.1, -0.05) is 109 Å². The van der Waals surface area contributed by atoms with Crippen LogP contribution in [0.15, 0.2) is 128 Å². The van der Waals surface area contributed by atoms with Gasteiger partial charge in [0.2, 0.25) is 23.6 Å². The van der Waals surface area contributed by atoms with Crippen LogP contribution in [0.3, 0.4) is 0 Å². The molecule has 4 aromatic rings. The summed E-state index contributed by atoms with van der Waals surface area (Å²) in [6, 6.07) is 28.5. The van der Waals surface area contributed by atoms with Crippen LogP contribution in [-0.4, -0.2) is 28.7 Å². The Bertz CT molecular complexity index is 2180. The summed E-state index contributed by atoms with van der Waals surface area (Å²) in [5.41, 5.74) is 2.74. The molecule has 2 aliphatic heterocycles. The zero-order valence-corrected chi connectivity index (χ0v) is 28.5. The average molecular weight is 695 g/mol. The second-order valence-corrected chi connectivity index (χ2v) is 14.2. The molecule has 7 nitrogen and oxygen atoms in total. The Morgan fingerprint density at radius 1 is 0.804 bits per heavy atom. The minimum atomic E-state index is -1.48. The number of fused-ring (bicyclic) bond motifs is 4. The summed E-state index contributed by atoms with van der Waals surface area (Å²) >= 11 is 6.41. The van der Waals surface area contributed by atoms with E-state index < -0.39 is 46.8 Å². The molecule has 0 bridgehead atoms. The lowest BCUT2D eigenvalue weighted by Crippen LogP contribution is -2.53. The van der Waals surface area contributed by atoms with E-state index >= 15 is 4.79 Å². The molecule has 2 heterocycles. The number of para-hydroxylation sites is 1. The molecule has 4 amide bonds. The highest BCUT2D eigenvalue weighted by atomic mass is 35.5. The maximum absolute atomic E-state index is 15.4. The standard InChI is InChI=1S/C43H35ClN2O5/c1-3-10-26-11-8-16-33(38(26)47)37-31-21-22-32-36(41(50)45(39(32)48)29-19-17-25(4-2)18-20-29)34(31)24-35-40(49)46(30-15-9-14-28(44)23-30)42(51)43(35,37)27-12-6-5-7-13-27/h3-9,11-21,23,32,34-37,47H,1-2,10,22,24H2/t32-,34+,35-,36-,37+,43+/m0/s1. The van der Waals surface area contributed by atoms with Gasteiger partial charge in [0.1, 0.15) is 5.75 Å². The molecule has 0 aromatic heterocycles. The molecule has 51 heavy (non-hydrogen) atoms. The highest BCUT2D eigenvalue weighted by Crippen LogP contribution is 2.65. The second kappa shape index (κ2) is 12.4. The molecule has 4 aliphatic rings. The highest BCUT2D eigenvalue weighted by Gasteiger charge is 2.70. The summed E-state index contributed by atoms with van der Waals surface area (Å²) in [5, 5.41) is 12.4. The van der Waals surface area contributed by atoms with E-state index in [1.54, 1.807) is 54.6 Å². The molecule has 1 N–H and O–H groups in total. The van der Waals surface area contributed by atoms with Crippen molar-refractivity contribution >= 4 is 52.7 Å². The van der Waals surface area contributed by atoms with E-state index in [9.17, 15) is 19.5 Å². The Kier molecular flexibility index (Phi) is 7.91. The normalized spacial score (nSPS) is 26.8. The van der Waals surface area contributed by atoms with Gasteiger partial charge in [-0.05, 0) is 72.2 Å². The quantitative estimate of drug-likeness (QED) is 0.158. The third kappa shape index (κ3) is 4.71. The Hall–Kier alpha value is -5.53. The van der Waals surface area contributed by atoms with Crippen LogP contribution >= 0.6 is 11.6 Å². The van der Waals surface area contributed by atoms with Gasteiger partial charge in [-0.3, -0.25) is 24.1 Å². The third-order valence-corrected chi connectivity index (χ3v) is 11.6. The summed E-state index contributed by atoms with van der Waals surface area (Å²) in [4.78, 5) is 61.4. The predicted molar refractivity (Wildman–Crippen MR) is 197 cm³/mol. The molecule has 3 fully saturated rings. The van der Waals surface area contributed by atoms with Crippen molar-refractivity contribution in [3.63, 3.8) is 0 Å². The fraction of sp³-hybridized carbons (Fsp3) is 0.209. The van der Waals surface area contributed by atoms with Crippen molar-refractivity contribution in [2.24, 2.45) is 23.7 Å². The SMILES string of the molecule is C=CCc1cccc([C@H]2C3=CC[C@@H]4C(=O)N(c5ccc(C=C)cc5)C(=O)[C@@H]4[C@@H]3C[C@H]3C(=O)N(c4cccc(Cl)c4)C(=O)[C@@]23c2ccccc2)c1O. The predicted octanol–water partition coefficient (Wildman–Crippen LogP) is 7.78. The van der Waals surface area contributed by atoms with E-state index in [2.05, 4.69) is 13.2 Å². The van der Waals surface area contributed by atoms with Gasteiger partial charge < -0.3 is 5.11 Å². The first kappa shape index (κ1) is 32.7. The molecule has 254 valence electrons. The van der Waals surface area contributed by atoms with Crippen molar-refractivity contribution in [1.82, 2.24) is 0 Å². The van der Waals surface area contributed by atoms with Crippen LogP contribution in [0.1, 0.15) is 41.0 Å². The van der Waals surface area contributed by atoms with Gasteiger partial charge in [-0.2, -0.15) is 0 Å². The van der Waals surface area contributed by atoms with Crippen LogP contribution in [-0.2, 0) is 31.0 Å². The molecule has 6 atom stereocenters. The Morgan fingerprint density at radius 2 is 1.55 bits per heavy atom. The first-order chi connectivity index (χ1) is 24.7. The summed E-state index contributed by atoms with van der Waals surface area (Å²) in [7, 11) is 0. The number of aromatic hydroxyl groups is 1. The zero-order chi connectivity index (χ0) is 35.6. The molecule has 8 rings (SSSR count). The summed E-state index contributed by atoms with van der Waals surface area (Å²) < 4.78 is 0. The number of carbonyl (C=O) groups excluding carboxylic acids is 4. The van der Waals surface area contributed by atoms with Gasteiger partial charge in [-0.25, -0.2) is 4.90 Å². The molecular formula is C43H35ClN2O5. The van der Waals surface area contributed by atoms with E-state index in [1.807, 2.05) is 60.7 Å². The van der Waals surface area contributed by atoms with Gasteiger partial charge in [0.15, 0.2) is 0 Å². The minimum absolute atomic E-state index is 0.0133. The van der Waals surface area contributed by atoms with Crippen LogP contribution < -0.4 is 9.80 Å². The third-order valence-electron chi connectivity index (χ3n) is 11.4. The first-order valence-electron chi connectivity index (χ1n) is 17.1. The number of rotatable bonds is 7. The van der Waals surface area contributed by atoms with Crippen LogP contribution in [0.2, 0.25) is 5.02 Å². The molecule has 8 heteroatoms. The van der Waals surface area contributed by atoms with Gasteiger partial charge in [0.25, 0.3) is 0 Å².